The van der Waals surface area contributed by atoms with Crippen LogP contribution in [0.5, 0.6) is 0 Å². The number of halogens is 1. The van der Waals surface area contributed by atoms with E-state index in [4.69, 9.17) is 5.73 Å². The molecule has 3 nitrogen and oxygen atoms in total. The number of rotatable bonds is 8. The van der Waals surface area contributed by atoms with Gasteiger partial charge in [0, 0.05) is 0 Å². The highest BCUT2D eigenvalue weighted by Gasteiger charge is 2.38. The second-order valence-electron chi connectivity index (χ2n) is 6.27. The third-order valence-electron chi connectivity index (χ3n) is 4.79. The molecule has 1 aliphatic carbocycles. The van der Waals surface area contributed by atoms with E-state index < -0.39 is 5.60 Å². The Hall–Kier alpha value is -0.610. The van der Waals surface area contributed by atoms with Crippen LogP contribution in [-0.2, 0) is 5.60 Å². The molecule has 0 bridgehead atoms. The van der Waals surface area contributed by atoms with Gasteiger partial charge in [0.15, 0.2) is 0 Å². The Bertz CT molecular complexity index is 395. The smallest absolute Gasteiger partial charge is 0.0936 e. The van der Waals surface area contributed by atoms with Crippen LogP contribution < -0.4 is 11.1 Å². The zero-order valence-corrected chi connectivity index (χ0v) is 14.3. The molecule has 0 radical (unpaired) electrons. The van der Waals surface area contributed by atoms with E-state index in [0.29, 0.717) is 5.92 Å². The quantitative estimate of drug-likeness (QED) is 0.643. The van der Waals surface area contributed by atoms with Gasteiger partial charge in [-0.2, -0.15) is 0 Å². The largest absolute Gasteiger partial charge is 0.385 e. The number of hydrogen-bond acceptors (Lipinski definition) is 3. The summed E-state index contributed by atoms with van der Waals surface area (Å²) < 4.78 is 0. The number of aliphatic hydroxyl groups is 1. The zero-order chi connectivity index (χ0) is 15.0. The van der Waals surface area contributed by atoms with Crippen LogP contribution >= 0.6 is 12.4 Å². The molecule has 2 rings (SSSR count). The molecular weight excluding hydrogens is 296 g/mol. The summed E-state index contributed by atoms with van der Waals surface area (Å²) in [6.45, 7) is 2.51. The van der Waals surface area contributed by atoms with Crippen LogP contribution in [0.25, 0.3) is 0 Å². The van der Waals surface area contributed by atoms with E-state index in [0.717, 1.165) is 50.9 Å². The Morgan fingerprint density at radius 2 is 1.77 bits per heavy atom. The summed E-state index contributed by atoms with van der Waals surface area (Å²) in [5.74, 6) is 0.393. The molecule has 1 atom stereocenters. The van der Waals surface area contributed by atoms with Gasteiger partial charge in [-0.25, -0.2) is 0 Å². The molecule has 1 aliphatic rings. The Balaban J connectivity index is 0.00000242. The summed E-state index contributed by atoms with van der Waals surface area (Å²) in [6.07, 6.45) is 7.89. The van der Waals surface area contributed by atoms with E-state index in [1.165, 1.54) is 19.3 Å². The van der Waals surface area contributed by atoms with Crippen molar-refractivity contribution in [2.75, 3.05) is 19.6 Å². The fourth-order valence-electron chi connectivity index (χ4n) is 3.52. The molecule has 1 aromatic carbocycles. The lowest BCUT2D eigenvalue weighted by Crippen LogP contribution is -2.39. The van der Waals surface area contributed by atoms with Crippen LogP contribution in [-0.4, -0.2) is 24.7 Å². The maximum atomic E-state index is 11.4. The van der Waals surface area contributed by atoms with Gasteiger partial charge >= 0.3 is 0 Å². The van der Waals surface area contributed by atoms with Gasteiger partial charge in [0.25, 0.3) is 0 Å². The minimum atomic E-state index is -0.683. The zero-order valence-electron chi connectivity index (χ0n) is 13.5. The standard InChI is InChI=1S/C18H30N2O.ClH/c19-13-7-14-20-15-12-18(21,16-8-3-1-4-9-16)17-10-5-2-6-11-17;/h1,3-4,8-9,17,20-21H,2,5-7,10-15,19H2;1H. The molecule has 1 fully saturated rings. The van der Waals surface area contributed by atoms with Gasteiger partial charge in [-0.05, 0) is 56.8 Å². The highest BCUT2D eigenvalue weighted by Crippen LogP contribution is 2.41. The van der Waals surface area contributed by atoms with E-state index >= 15 is 0 Å². The van der Waals surface area contributed by atoms with Crippen molar-refractivity contribution in [1.29, 1.82) is 0 Å². The van der Waals surface area contributed by atoms with Gasteiger partial charge in [-0.3, -0.25) is 0 Å². The maximum Gasteiger partial charge on any atom is 0.0936 e. The molecule has 1 saturated carbocycles. The molecular formula is C18H31ClN2O. The third-order valence-corrected chi connectivity index (χ3v) is 4.79. The summed E-state index contributed by atoms with van der Waals surface area (Å²) >= 11 is 0. The van der Waals surface area contributed by atoms with Crippen LogP contribution in [0.3, 0.4) is 0 Å². The Morgan fingerprint density at radius 1 is 1.09 bits per heavy atom. The van der Waals surface area contributed by atoms with Crippen LogP contribution in [0.4, 0.5) is 0 Å². The molecule has 0 aliphatic heterocycles. The number of nitrogens with one attached hydrogen (secondary N) is 1. The van der Waals surface area contributed by atoms with Gasteiger partial charge in [-0.1, -0.05) is 49.6 Å². The molecule has 4 N–H and O–H groups in total. The van der Waals surface area contributed by atoms with Crippen molar-refractivity contribution in [2.45, 2.75) is 50.5 Å². The van der Waals surface area contributed by atoms with Gasteiger partial charge in [0.05, 0.1) is 5.60 Å². The van der Waals surface area contributed by atoms with Gasteiger partial charge in [-0.15, -0.1) is 12.4 Å². The van der Waals surface area contributed by atoms with Gasteiger partial charge in [0.1, 0.15) is 0 Å². The molecule has 0 saturated heterocycles. The molecule has 0 aromatic heterocycles. The lowest BCUT2D eigenvalue weighted by atomic mass is 9.72. The highest BCUT2D eigenvalue weighted by molar-refractivity contribution is 5.85. The van der Waals surface area contributed by atoms with Crippen molar-refractivity contribution >= 4 is 12.4 Å². The van der Waals surface area contributed by atoms with Crippen LogP contribution in [0.15, 0.2) is 30.3 Å². The first kappa shape index (κ1) is 19.4. The number of benzene rings is 1. The first-order chi connectivity index (χ1) is 10.3. The summed E-state index contributed by atoms with van der Waals surface area (Å²) in [6, 6.07) is 10.2. The van der Waals surface area contributed by atoms with E-state index in [1.54, 1.807) is 0 Å². The monoisotopic (exact) mass is 326 g/mol. The van der Waals surface area contributed by atoms with Crippen molar-refractivity contribution in [3.05, 3.63) is 35.9 Å². The Morgan fingerprint density at radius 3 is 2.41 bits per heavy atom. The summed E-state index contributed by atoms with van der Waals surface area (Å²) in [7, 11) is 0. The van der Waals surface area contributed by atoms with Crippen LogP contribution in [0, 0.1) is 5.92 Å². The van der Waals surface area contributed by atoms with E-state index in [2.05, 4.69) is 17.4 Å². The topological polar surface area (TPSA) is 58.3 Å². The molecule has 126 valence electrons. The number of hydrogen-bond donors (Lipinski definition) is 3. The molecule has 1 unspecified atom stereocenters. The molecule has 0 heterocycles. The first-order valence-electron chi connectivity index (χ1n) is 8.46. The average molecular weight is 327 g/mol. The van der Waals surface area contributed by atoms with Crippen molar-refractivity contribution in [1.82, 2.24) is 5.32 Å². The first-order valence-corrected chi connectivity index (χ1v) is 8.46. The van der Waals surface area contributed by atoms with E-state index in [1.807, 2.05) is 18.2 Å². The molecule has 0 spiro atoms. The number of nitrogens with two attached hydrogens (primary N) is 1. The normalized spacial score (nSPS) is 18.5. The predicted molar refractivity (Wildman–Crippen MR) is 95.3 cm³/mol. The van der Waals surface area contributed by atoms with Gasteiger partial charge < -0.3 is 16.2 Å². The van der Waals surface area contributed by atoms with Crippen molar-refractivity contribution in [3.8, 4) is 0 Å². The van der Waals surface area contributed by atoms with Crippen molar-refractivity contribution < 1.29 is 5.11 Å². The van der Waals surface area contributed by atoms with Crippen LogP contribution in [0.1, 0.15) is 50.5 Å². The van der Waals surface area contributed by atoms with Gasteiger partial charge in [0.2, 0.25) is 0 Å². The molecule has 22 heavy (non-hydrogen) atoms. The van der Waals surface area contributed by atoms with E-state index in [-0.39, 0.29) is 12.4 Å². The molecule has 1 aromatic rings. The Kier molecular flexibility index (Phi) is 9.03. The minimum Gasteiger partial charge on any atom is -0.385 e. The average Bonchev–Trinajstić information content (AvgIpc) is 2.56. The van der Waals surface area contributed by atoms with Crippen molar-refractivity contribution in [2.24, 2.45) is 11.7 Å². The lowest BCUT2D eigenvalue weighted by molar-refractivity contribution is -0.0455. The second-order valence-corrected chi connectivity index (χ2v) is 6.27. The second kappa shape index (κ2) is 10.2. The fraction of sp³-hybridized carbons (Fsp3) is 0.667. The minimum absolute atomic E-state index is 0. The van der Waals surface area contributed by atoms with Crippen molar-refractivity contribution in [3.63, 3.8) is 0 Å². The fourth-order valence-corrected chi connectivity index (χ4v) is 3.52. The molecule has 0 amide bonds. The predicted octanol–water partition coefficient (Wildman–Crippen LogP) is 3.20. The summed E-state index contributed by atoms with van der Waals surface area (Å²) in [5.41, 5.74) is 5.91. The highest BCUT2D eigenvalue weighted by atomic mass is 35.5. The summed E-state index contributed by atoms with van der Waals surface area (Å²) in [4.78, 5) is 0. The third kappa shape index (κ3) is 5.24. The molecule has 4 heteroatoms. The van der Waals surface area contributed by atoms with E-state index in [9.17, 15) is 5.11 Å². The SMILES string of the molecule is Cl.NCCCNCCC(O)(c1ccccc1)C1CCCCC1. The maximum absolute atomic E-state index is 11.4. The summed E-state index contributed by atoms with van der Waals surface area (Å²) in [5, 5.41) is 14.8. The van der Waals surface area contributed by atoms with Crippen LogP contribution in [0.2, 0.25) is 0 Å². The lowest BCUT2D eigenvalue weighted by Gasteiger charge is -2.39. The Labute approximate surface area is 141 Å².